The van der Waals surface area contributed by atoms with Gasteiger partial charge < -0.3 is 42.4 Å². The molecule has 3 atom stereocenters. The zero-order valence-electron chi connectivity index (χ0n) is 17.5. The minimum atomic E-state index is -1.47. The molecule has 0 radical (unpaired) electrons. The number of carboxylic acids is 1. The Kier molecular flexibility index (Phi) is 11.4. The number of phenols is 1. The van der Waals surface area contributed by atoms with Crippen molar-refractivity contribution in [1.29, 1.82) is 0 Å². The first-order chi connectivity index (χ1) is 15.2. The fraction of sp³-hybridized carbons (Fsp3) is 0.450. The molecule has 0 saturated heterocycles. The lowest BCUT2D eigenvalue weighted by Gasteiger charge is -2.20. The standard InChI is InChI=1S/C20H29N5O7/c21-7-1-2-15(22)19(31)23-10-17(28)25-16(9-18(29)30)20(32)24-13(11-26)8-12-3-5-14(27)6-4-12/h3-6,11,13,15-16,27H,1-2,7-10,21-22H2,(H,23,31)(H,24,32)(H,25,28)(H,29,30)/t13-,15+,16+/m1/s1. The van der Waals surface area contributed by atoms with Crippen LogP contribution in [0.25, 0.3) is 0 Å². The van der Waals surface area contributed by atoms with E-state index in [4.69, 9.17) is 16.6 Å². The topological polar surface area (TPSA) is 214 Å². The van der Waals surface area contributed by atoms with Gasteiger partial charge in [0.05, 0.1) is 25.0 Å². The Morgan fingerprint density at radius 3 is 2.28 bits per heavy atom. The molecule has 0 aliphatic carbocycles. The Morgan fingerprint density at radius 1 is 1.06 bits per heavy atom. The second kappa shape index (κ2) is 13.7. The van der Waals surface area contributed by atoms with Crippen molar-refractivity contribution >= 4 is 30.0 Å². The van der Waals surface area contributed by atoms with E-state index in [0.717, 1.165) is 0 Å². The molecule has 12 nitrogen and oxygen atoms in total. The van der Waals surface area contributed by atoms with Crippen LogP contribution in [-0.2, 0) is 30.4 Å². The van der Waals surface area contributed by atoms with Crippen LogP contribution in [0.1, 0.15) is 24.8 Å². The Morgan fingerprint density at radius 2 is 1.72 bits per heavy atom. The predicted molar refractivity (Wildman–Crippen MR) is 113 cm³/mol. The molecule has 0 aliphatic rings. The highest BCUT2D eigenvalue weighted by atomic mass is 16.4. The number of amides is 3. The first-order valence-electron chi connectivity index (χ1n) is 9.94. The summed E-state index contributed by atoms with van der Waals surface area (Å²) in [4.78, 5) is 58.9. The Hall–Kier alpha value is -3.51. The molecular weight excluding hydrogens is 422 g/mol. The third kappa shape index (κ3) is 10.00. The van der Waals surface area contributed by atoms with Crippen LogP contribution >= 0.6 is 0 Å². The van der Waals surface area contributed by atoms with E-state index < -0.39 is 54.8 Å². The number of carboxylic acid groups (broad SMARTS) is 1. The normalized spacial score (nSPS) is 13.3. The Balaban J connectivity index is 2.66. The highest BCUT2D eigenvalue weighted by Gasteiger charge is 2.26. The van der Waals surface area contributed by atoms with Crippen molar-refractivity contribution in [3.05, 3.63) is 29.8 Å². The number of aromatic hydroxyl groups is 1. The van der Waals surface area contributed by atoms with Gasteiger partial charge in [0, 0.05) is 0 Å². The molecule has 0 bridgehead atoms. The van der Waals surface area contributed by atoms with Crippen molar-refractivity contribution in [2.24, 2.45) is 11.5 Å². The van der Waals surface area contributed by atoms with Gasteiger partial charge in [0.2, 0.25) is 17.7 Å². The smallest absolute Gasteiger partial charge is 0.305 e. The zero-order valence-corrected chi connectivity index (χ0v) is 17.5. The Labute approximate surface area is 184 Å². The van der Waals surface area contributed by atoms with Gasteiger partial charge in [-0.25, -0.2) is 0 Å². The molecule has 0 aromatic heterocycles. The van der Waals surface area contributed by atoms with Crippen LogP contribution in [0.4, 0.5) is 0 Å². The van der Waals surface area contributed by atoms with Crippen molar-refractivity contribution in [2.45, 2.75) is 43.8 Å². The molecule has 0 aliphatic heterocycles. The molecule has 0 unspecified atom stereocenters. The van der Waals surface area contributed by atoms with E-state index in [2.05, 4.69) is 16.0 Å². The summed E-state index contributed by atoms with van der Waals surface area (Å²) in [6.07, 6.45) is 0.714. The van der Waals surface area contributed by atoms with Gasteiger partial charge in [-0.2, -0.15) is 0 Å². The summed E-state index contributed by atoms with van der Waals surface area (Å²) in [6, 6.07) is 2.67. The third-order valence-corrected chi connectivity index (χ3v) is 4.39. The maximum atomic E-state index is 12.5. The molecular formula is C20H29N5O7. The predicted octanol–water partition coefficient (Wildman–Crippen LogP) is -2.24. The van der Waals surface area contributed by atoms with Crippen LogP contribution in [0.2, 0.25) is 0 Å². The second-order valence-electron chi connectivity index (χ2n) is 7.09. The van der Waals surface area contributed by atoms with Gasteiger partial charge >= 0.3 is 5.97 Å². The molecule has 3 amide bonds. The van der Waals surface area contributed by atoms with Crippen molar-refractivity contribution in [2.75, 3.05) is 13.1 Å². The fourth-order valence-electron chi connectivity index (χ4n) is 2.70. The average Bonchev–Trinajstić information content (AvgIpc) is 2.75. The van der Waals surface area contributed by atoms with Crippen LogP contribution in [0.15, 0.2) is 24.3 Å². The van der Waals surface area contributed by atoms with Crippen LogP contribution in [0.5, 0.6) is 5.75 Å². The quantitative estimate of drug-likeness (QED) is 0.152. The van der Waals surface area contributed by atoms with Crippen LogP contribution in [0.3, 0.4) is 0 Å². The number of hydrogen-bond acceptors (Lipinski definition) is 8. The van der Waals surface area contributed by atoms with E-state index in [-0.39, 0.29) is 12.2 Å². The highest BCUT2D eigenvalue weighted by Crippen LogP contribution is 2.11. The summed E-state index contributed by atoms with van der Waals surface area (Å²) in [5, 5.41) is 25.3. The molecule has 0 fully saturated rings. The first kappa shape index (κ1) is 26.5. The van der Waals surface area contributed by atoms with E-state index in [1.54, 1.807) is 12.1 Å². The number of rotatable bonds is 14. The molecule has 0 spiro atoms. The van der Waals surface area contributed by atoms with Gasteiger partial charge in [-0.3, -0.25) is 19.2 Å². The first-order valence-corrected chi connectivity index (χ1v) is 9.94. The van der Waals surface area contributed by atoms with Crippen LogP contribution in [0, 0.1) is 0 Å². The van der Waals surface area contributed by atoms with Gasteiger partial charge in [0.1, 0.15) is 18.1 Å². The molecule has 1 aromatic rings. The van der Waals surface area contributed by atoms with Gasteiger partial charge in [-0.1, -0.05) is 12.1 Å². The molecule has 0 heterocycles. The SMILES string of the molecule is NCCC[C@H](N)C(=O)NCC(=O)N[C@@H](CC(=O)O)C(=O)N[C@@H](C=O)Cc1ccc(O)cc1. The zero-order chi connectivity index (χ0) is 24.1. The summed E-state index contributed by atoms with van der Waals surface area (Å²) < 4.78 is 0. The van der Waals surface area contributed by atoms with Crippen molar-refractivity contribution in [3.63, 3.8) is 0 Å². The highest BCUT2D eigenvalue weighted by molar-refractivity contribution is 5.93. The number of aldehydes is 1. The lowest BCUT2D eigenvalue weighted by molar-refractivity contribution is -0.141. The molecule has 1 rings (SSSR count). The molecule has 0 saturated carbocycles. The number of phenolic OH excluding ortho intramolecular Hbond substituents is 1. The molecule has 176 valence electrons. The van der Waals surface area contributed by atoms with E-state index in [1.807, 2.05) is 0 Å². The average molecular weight is 451 g/mol. The number of benzene rings is 1. The number of hydrogen-bond donors (Lipinski definition) is 7. The molecule has 32 heavy (non-hydrogen) atoms. The third-order valence-electron chi connectivity index (χ3n) is 4.39. The summed E-state index contributed by atoms with van der Waals surface area (Å²) in [5.74, 6) is -3.56. The van der Waals surface area contributed by atoms with Crippen molar-refractivity contribution in [1.82, 2.24) is 16.0 Å². The lowest BCUT2D eigenvalue weighted by atomic mass is 10.1. The van der Waals surface area contributed by atoms with Gasteiger partial charge in [-0.15, -0.1) is 0 Å². The van der Waals surface area contributed by atoms with Gasteiger partial charge in [0.25, 0.3) is 0 Å². The molecule has 1 aromatic carbocycles. The fourth-order valence-corrected chi connectivity index (χ4v) is 2.70. The number of nitrogens with two attached hydrogens (primary N) is 2. The van der Waals surface area contributed by atoms with E-state index in [0.29, 0.717) is 31.2 Å². The van der Waals surface area contributed by atoms with Crippen molar-refractivity contribution < 1.29 is 34.2 Å². The van der Waals surface area contributed by atoms with E-state index >= 15 is 0 Å². The number of nitrogens with one attached hydrogen (secondary N) is 3. The second-order valence-corrected chi connectivity index (χ2v) is 7.09. The van der Waals surface area contributed by atoms with Crippen LogP contribution in [-0.4, -0.2) is 71.4 Å². The summed E-state index contributed by atoms with van der Waals surface area (Å²) in [5.41, 5.74) is 11.7. The maximum Gasteiger partial charge on any atom is 0.305 e. The van der Waals surface area contributed by atoms with Crippen LogP contribution < -0.4 is 27.4 Å². The van der Waals surface area contributed by atoms with Crippen molar-refractivity contribution in [3.8, 4) is 5.75 Å². The summed E-state index contributed by atoms with van der Waals surface area (Å²) in [7, 11) is 0. The maximum absolute atomic E-state index is 12.5. The lowest BCUT2D eigenvalue weighted by Crippen LogP contribution is -2.53. The minimum absolute atomic E-state index is 0.0390. The number of carbonyl (C=O) groups excluding carboxylic acids is 4. The molecule has 9 N–H and O–H groups in total. The van der Waals surface area contributed by atoms with E-state index in [9.17, 15) is 29.1 Å². The number of aliphatic carboxylic acids is 1. The summed E-state index contributed by atoms with van der Waals surface area (Å²) >= 11 is 0. The Bertz CT molecular complexity index is 800. The number of carbonyl (C=O) groups is 5. The molecule has 12 heteroatoms. The minimum Gasteiger partial charge on any atom is -0.508 e. The van der Waals surface area contributed by atoms with Gasteiger partial charge in [-0.05, 0) is 43.5 Å². The van der Waals surface area contributed by atoms with E-state index in [1.165, 1.54) is 12.1 Å². The largest absolute Gasteiger partial charge is 0.508 e. The monoisotopic (exact) mass is 451 g/mol. The van der Waals surface area contributed by atoms with Gasteiger partial charge in [0.15, 0.2) is 0 Å². The summed E-state index contributed by atoms with van der Waals surface area (Å²) in [6.45, 7) is -0.148.